The van der Waals surface area contributed by atoms with Crippen LogP contribution in [0.4, 0.5) is 0 Å². The number of carbonyl (C=O) groups is 1. The third-order valence-corrected chi connectivity index (χ3v) is 6.95. The minimum absolute atomic E-state index is 0.173. The summed E-state index contributed by atoms with van der Waals surface area (Å²) in [5.74, 6) is 0.856. The third-order valence-electron chi connectivity index (χ3n) is 6.95. The van der Waals surface area contributed by atoms with Crippen molar-refractivity contribution < 1.29 is 4.79 Å². The highest BCUT2D eigenvalue weighted by Gasteiger charge is 2.26. The highest BCUT2D eigenvalue weighted by molar-refractivity contribution is 5.98. The predicted molar refractivity (Wildman–Crippen MR) is 119 cm³/mol. The number of piperidine rings is 1. The number of hydrogen-bond acceptors (Lipinski definition) is 3. The molecule has 2 unspecified atom stereocenters. The summed E-state index contributed by atoms with van der Waals surface area (Å²) in [5.41, 5.74) is 2.07. The van der Waals surface area contributed by atoms with E-state index in [4.69, 9.17) is 0 Å². The maximum absolute atomic E-state index is 13.1. The molecule has 2 aromatic rings. The molecule has 0 saturated carbocycles. The number of piperazine rings is 1. The topological polar surface area (TPSA) is 40.5 Å². The fourth-order valence-electron chi connectivity index (χ4n) is 5.17. The molecule has 29 heavy (non-hydrogen) atoms. The number of rotatable bonds is 5. The SMILES string of the molecule is CCC(C1CCCNC1)n1ccc2cc(C(=O)N3CCN(C(C)C)CC3)ccc21. The lowest BCUT2D eigenvalue weighted by Gasteiger charge is -2.37. The zero-order valence-electron chi connectivity index (χ0n) is 18.2. The van der Waals surface area contributed by atoms with Crippen LogP contribution in [0.2, 0.25) is 0 Å². The van der Waals surface area contributed by atoms with E-state index in [1.54, 1.807) is 0 Å². The number of aromatic nitrogens is 1. The standard InChI is InChI=1S/C24H36N4O/c1-4-22(21-6-5-10-25-17-21)28-11-9-19-16-20(7-8-23(19)28)24(29)27-14-12-26(13-15-27)18(2)3/h7-9,11,16,18,21-22,25H,4-6,10,12-15,17H2,1-3H3. The van der Waals surface area contributed by atoms with Crippen LogP contribution in [0, 0.1) is 5.92 Å². The molecule has 0 aliphatic carbocycles. The summed E-state index contributed by atoms with van der Waals surface area (Å²) in [6, 6.07) is 9.53. The van der Waals surface area contributed by atoms with E-state index in [0.29, 0.717) is 18.0 Å². The summed E-state index contributed by atoms with van der Waals surface area (Å²) in [5, 5.41) is 4.74. The van der Waals surface area contributed by atoms with Crippen molar-refractivity contribution in [1.29, 1.82) is 0 Å². The number of nitrogens with zero attached hydrogens (tertiary/aromatic N) is 3. The normalized spacial score (nSPS) is 22.3. The Hall–Kier alpha value is -1.85. The molecule has 1 aromatic carbocycles. The molecule has 2 saturated heterocycles. The summed E-state index contributed by atoms with van der Waals surface area (Å²) in [6.45, 7) is 12.6. The van der Waals surface area contributed by atoms with E-state index in [-0.39, 0.29) is 5.91 Å². The number of carbonyl (C=O) groups excluding carboxylic acids is 1. The molecule has 0 radical (unpaired) electrons. The highest BCUT2D eigenvalue weighted by atomic mass is 16.2. The second kappa shape index (κ2) is 8.88. The second-order valence-corrected chi connectivity index (χ2v) is 9.00. The van der Waals surface area contributed by atoms with E-state index >= 15 is 0 Å². The molecular formula is C24H36N4O. The largest absolute Gasteiger partial charge is 0.344 e. The van der Waals surface area contributed by atoms with Gasteiger partial charge in [-0.3, -0.25) is 9.69 Å². The van der Waals surface area contributed by atoms with Crippen LogP contribution in [0.3, 0.4) is 0 Å². The van der Waals surface area contributed by atoms with Gasteiger partial charge in [0.1, 0.15) is 0 Å². The van der Waals surface area contributed by atoms with Crippen molar-refractivity contribution in [2.75, 3.05) is 39.3 Å². The fourth-order valence-corrected chi connectivity index (χ4v) is 5.17. The molecule has 3 heterocycles. The van der Waals surface area contributed by atoms with Crippen molar-refractivity contribution >= 4 is 16.8 Å². The second-order valence-electron chi connectivity index (χ2n) is 9.00. The van der Waals surface area contributed by atoms with Gasteiger partial charge in [0, 0.05) is 60.9 Å². The van der Waals surface area contributed by atoms with Crippen LogP contribution in [-0.4, -0.2) is 65.6 Å². The summed E-state index contributed by atoms with van der Waals surface area (Å²) in [7, 11) is 0. The Bertz CT molecular complexity index is 829. The molecule has 1 amide bonds. The van der Waals surface area contributed by atoms with E-state index in [0.717, 1.165) is 51.3 Å². The lowest BCUT2D eigenvalue weighted by molar-refractivity contribution is 0.0595. The van der Waals surface area contributed by atoms with Crippen molar-refractivity contribution in [3.05, 3.63) is 36.0 Å². The molecule has 4 rings (SSSR count). The average molecular weight is 397 g/mol. The van der Waals surface area contributed by atoms with Crippen LogP contribution >= 0.6 is 0 Å². The maximum Gasteiger partial charge on any atom is 0.253 e. The molecule has 2 aliphatic heterocycles. The van der Waals surface area contributed by atoms with E-state index in [1.165, 1.54) is 23.7 Å². The molecule has 1 N–H and O–H groups in total. The van der Waals surface area contributed by atoms with Crippen LogP contribution < -0.4 is 5.32 Å². The van der Waals surface area contributed by atoms with Gasteiger partial charge in [0.05, 0.1) is 0 Å². The lowest BCUT2D eigenvalue weighted by atomic mass is 9.90. The predicted octanol–water partition coefficient (Wildman–Crippen LogP) is 3.76. The first-order chi connectivity index (χ1) is 14.1. The smallest absolute Gasteiger partial charge is 0.253 e. The molecule has 2 fully saturated rings. The van der Waals surface area contributed by atoms with Crippen molar-refractivity contribution in [2.45, 2.75) is 52.1 Å². The summed E-state index contributed by atoms with van der Waals surface area (Å²) in [4.78, 5) is 17.5. The molecule has 0 spiro atoms. The van der Waals surface area contributed by atoms with Gasteiger partial charge >= 0.3 is 0 Å². The summed E-state index contributed by atoms with van der Waals surface area (Å²) in [6.07, 6.45) is 5.92. The molecule has 2 aliphatic rings. The van der Waals surface area contributed by atoms with Crippen LogP contribution in [-0.2, 0) is 0 Å². The Morgan fingerprint density at radius 1 is 1.17 bits per heavy atom. The first-order valence-electron chi connectivity index (χ1n) is 11.4. The van der Waals surface area contributed by atoms with Gasteiger partial charge in [-0.15, -0.1) is 0 Å². The zero-order valence-corrected chi connectivity index (χ0v) is 18.2. The Labute approximate surface area is 175 Å². The number of hydrogen-bond donors (Lipinski definition) is 1. The highest BCUT2D eigenvalue weighted by Crippen LogP contribution is 2.31. The van der Waals surface area contributed by atoms with Crippen molar-refractivity contribution in [2.24, 2.45) is 5.92 Å². The Balaban J connectivity index is 1.51. The first kappa shape index (κ1) is 20.4. The maximum atomic E-state index is 13.1. The van der Waals surface area contributed by atoms with Crippen molar-refractivity contribution in [3.8, 4) is 0 Å². The van der Waals surface area contributed by atoms with Crippen molar-refractivity contribution in [1.82, 2.24) is 19.7 Å². The van der Waals surface area contributed by atoms with Gasteiger partial charge in [-0.05, 0) is 76.4 Å². The molecule has 5 heteroatoms. The fraction of sp³-hybridized carbons (Fsp3) is 0.625. The monoisotopic (exact) mass is 396 g/mol. The number of benzene rings is 1. The van der Waals surface area contributed by atoms with Gasteiger partial charge in [0.15, 0.2) is 0 Å². The van der Waals surface area contributed by atoms with Gasteiger partial charge in [-0.1, -0.05) is 6.92 Å². The van der Waals surface area contributed by atoms with E-state index in [9.17, 15) is 4.79 Å². The van der Waals surface area contributed by atoms with E-state index in [2.05, 4.69) is 60.0 Å². The minimum Gasteiger partial charge on any atom is -0.344 e. The lowest BCUT2D eigenvalue weighted by Crippen LogP contribution is -2.50. The minimum atomic E-state index is 0.173. The number of nitrogens with one attached hydrogen (secondary N) is 1. The molecular weight excluding hydrogens is 360 g/mol. The molecule has 0 bridgehead atoms. The van der Waals surface area contributed by atoms with Crippen molar-refractivity contribution in [3.63, 3.8) is 0 Å². The van der Waals surface area contributed by atoms with Gasteiger partial charge in [0.25, 0.3) is 5.91 Å². The molecule has 1 aromatic heterocycles. The van der Waals surface area contributed by atoms with Gasteiger partial charge in [-0.2, -0.15) is 0 Å². The molecule has 2 atom stereocenters. The van der Waals surface area contributed by atoms with Crippen LogP contribution in [0.1, 0.15) is 56.4 Å². The number of amides is 1. The van der Waals surface area contributed by atoms with Crippen LogP contribution in [0.15, 0.2) is 30.5 Å². The quantitative estimate of drug-likeness (QED) is 0.837. The Morgan fingerprint density at radius 2 is 1.97 bits per heavy atom. The molecule has 5 nitrogen and oxygen atoms in total. The van der Waals surface area contributed by atoms with Gasteiger partial charge in [0.2, 0.25) is 0 Å². The summed E-state index contributed by atoms with van der Waals surface area (Å²) >= 11 is 0. The Morgan fingerprint density at radius 3 is 2.62 bits per heavy atom. The van der Waals surface area contributed by atoms with Gasteiger partial charge in [-0.25, -0.2) is 0 Å². The van der Waals surface area contributed by atoms with Crippen LogP contribution in [0.5, 0.6) is 0 Å². The van der Waals surface area contributed by atoms with E-state index < -0.39 is 0 Å². The Kier molecular flexibility index (Phi) is 6.26. The van der Waals surface area contributed by atoms with E-state index in [1.807, 2.05) is 11.0 Å². The first-order valence-corrected chi connectivity index (χ1v) is 11.4. The third kappa shape index (κ3) is 4.22. The van der Waals surface area contributed by atoms with Gasteiger partial charge < -0.3 is 14.8 Å². The molecule has 158 valence electrons. The van der Waals surface area contributed by atoms with Crippen LogP contribution in [0.25, 0.3) is 10.9 Å². The number of fused-ring (bicyclic) bond motifs is 1. The average Bonchev–Trinajstić information content (AvgIpc) is 3.18. The zero-order chi connectivity index (χ0) is 20.4. The summed E-state index contributed by atoms with van der Waals surface area (Å²) < 4.78 is 2.45.